The highest BCUT2D eigenvalue weighted by molar-refractivity contribution is 8.00. The van der Waals surface area contributed by atoms with Crippen molar-refractivity contribution in [2.24, 2.45) is 0 Å². The fraction of sp³-hybridized carbons (Fsp3) is 0.133. The number of nitrogens with one attached hydrogen (secondary N) is 1. The van der Waals surface area contributed by atoms with Gasteiger partial charge in [-0.15, -0.1) is 11.8 Å². The molecule has 110 valence electrons. The van der Waals surface area contributed by atoms with Crippen LogP contribution in [0.1, 0.15) is 6.92 Å². The molecule has 0 aliphatic heterocycles. The molecule has 0 spiro atoms. The van der Waals surface area contributed by atoms with Crippen molar-refractivity contribution < 1.29 is 9.18 Å². The van der Waals surface area contributed by atoms with Crippen molar-refractivity contribution in [1.82, 2.24) is 0 Å². The predicted octanol–water partition coefficient (Wildman–Crippen LogP) is 5.25. The van der Waals surface area contributed by atoms with E-state index >= 15 is 0 Å². The van der Waals surface area contributed by atoms with Gasteiger partial charge in [-0.3, -0.25) is 4.79 Å². The smallest absolute Gasteiger partial charge is 0.237 e. The van der Waals surface area contributed by atoms with Gasteiger partial charge in [0.1, 0.15) is 5.82 Å². The average molecular weight is 344 g/mol. The van der Waals surface area contributed by atoms with Crippen LogP contribution in [0.2, 0.25) is 10.0 Å². The van der Waals surface area contributed by atoms with E-state index in [1.165, 1.54) is 23.9 Å². The summed E-state index contributed by atoms with van der Waals surface area (Å²) in [6, 6.07) is 11.1. The number of hydrogen-bond donors (Lipinski definition) is 1. The molecule has 0 saturated heterocycles. The molecule has 0 aliphatic rings. The van der Waals surface area contributed by atoms with Crippen LogP contribution in [-0.4, -0.2) is 11.2 Å². The van der Waals surface area contributed by atoms with E-state index in [-0.39, 0.29) is 11.6 Å². The van der Waals surface area contributed by atoms with E-state index in [9.17, 15) is 9.18 Å². The van der Waals surface area contributed by atoms with Gasteiger partial charge in [-0.1, -0.05) is 35.3 Å². The summed E-state index contributed by atoms with van der Waals surface area (Å²) < 4.78 is 13.5. The summed E-state index contributed by atoms with van der Waals surface area (Å²) in [5.74, 6) is -0.773. The molecule has 2 aromatic carbocycles. The van der Waals surface area contributed by atoms with Gasteiger partial charge in [-0.25, -0.2) is 4.39 Å². The maximum atomic E-state index is 13.5. The van der Waals surface area contributed by atoms with Gasteiger partial charge in [-0.05, 0) is 37.3 Å². The molecule has 6 heteroatoms. The summed E-state index contributed by atoms with van der Waals surface area (Å²) in [5.41, 5.74) is 0.159. The summed E-state index contributed by atoms with van der Waals surface area (Å²) in [6.07, 6.45) is 0. The lowest BCUT2D eigenvalue weighted by Crippen LogP contribution is -2.22. The van der Waals surface area contributed by atoms with E-state index in [0.29, 0.717) is 14.9 Å². The summed E-state index contributed by atoms with van der Waals surface area (Å²) >= 11 is 13.2. The van der Waals surface area contributed by atoms with E-state index in [1.54, 1.807) is 37.3 Å². The molecule has 0 aromatic heterocycles. The Morgan fingerprint density at radius 2 is 1.95 bits per heavy atom. The number of hydrogen-bond acceptors (Lipinski definition) is 2. The van der Waals surface area contributed by atoms with Crippen molar-refractivity contribution in [2.75, 3.05) is 5.32 Å². The lowest BCUT2D eigenvalue weighted by atomic mass is 10.3. The van der Waals surface area contributed by atoms with E-state index in [2.05, 4.69) is 5.32 Å². The minimum atomic E-state index is -0.469. The minimum absolute atomic E-state index is 0.159. The Labute approximate surface area is 136 Å². The van der Waals surface area contributed by atoms with Crippen LogP contribution in [0.4, 0.5) is 10.1 Å². The lowest BCUT2D eigenvalue weighted by molar-refractivity contribution is -0.115. The van der Waals surface area contributed by atoms with Crippen LogP contribution in [0.3, 0.4) is 0 Å². The molecule has 0 bridgehead atoms. The Hall–Kier alpha value is -1.23. The Bertz CT molecular complexity index is 666. The maximum absolute atomic E-state index is 13.5. The standard InChI is InChI=1S/C15H12Cl2FNOS/c1-9(21-14-8-10(16)6-7-11(14)17)15(20)19-13-5-3-2-4-12(13)18/h2-9H,1H3,(H,19,20)/t9-/m1/s1. The summed E-state index contributed by atoms with van der Waals surface area (Å²) in [4.78, 5) is 12.8. The summed E-state index contributed by atoms with van der Waals surface area (Å²) in [7, 11) is 0. The van der Waals surface area contributed by atoms with Crippen molar-refractivity contribution >= 4 is 46.6 Å². The molecule has 2 rings (SSSR count). The first-order chi connectivity index (χ1) is 9.97. The minimum Gasteiger partial charge on any atom is -0.323 e. The van der Waals surface area contributed by atoms with Crippen LogP contribution in [-0.2, 0) is 4.79 Å². The van der Waals surface area contributed by atoms with Crippen LogP contribution < -0.4 is 5.32 Å². The zero-order valence-electron chi connectivity index (χ0n) is 11.1. The van der Waals surface area contributed by atoms with Gasteiger partial charge in [0.05, 0.1) is 16.0 Å². The van der Waals surface area contributed by atoms with Gasteiger partial charge in [0.25, 0.3) is 0 Å². The Morgan fingerprint density at radius 3 is 2.67 bits per heavy atom. The highest BCUT2D eigenvalue weighted by atomic mass is 35.5. The highest BCUT2D eigenvalue weighted by Gasteiger charge is 2.17. The fourth-order valence-electron chi connectivity index (χ4n) is 1.61. The van der Waals surface area contributed by atoms with Crippen LogP contribution in [0.5, 0.6) is 0 Å². The van der Waals surface area contributed by atoms with Gasteiger partial charge in [0.2, 0.25) is 5.91 Å². The second-order valence-electron chi connectivity index (χ2n) is 4.30. The van der Waals surface area contributed by atoms with E-state index in [4.69, 9.17) is 23.2 Å². The second kappa shape index (κ2) is 7.16. The first kappa shape index (κ1) is 16.1. The van der Waals surface area contributed by atoms with Crippen molar-refractivity contribution in [3.8, 4) is 0 Å². The molecule has 0 aliphatic carbocycles. The molecule has 2 nitrogen and oxygen atoms in total. The number of thioether (sulfide) groups is 1. The quantitative estimate of drug-likeness (QED) is 0.768. The number of benzene rings is 2. The zero-order valence-corrected chi connectivity index (χ0v) is 13.4. The third-order valence-electron chi connectivity index (χ3n) is 2.70. The van der Waals surface area contributed by atoms with Crippen molar-refractivity contribution in [3.63, 3.8) is 0 Å². The third kappa shape index (κ3) is 4.37. The zero-order chi connectivity index (χ0) is 15.4. The number of carbonyl (C=O) groups is 1. The number of rotatable bonds is 4. The predicted molar refractivity (Wildman–Crippen MR) is 86.8 cm³/mol. The van der Waals surface area contributed by atoms with Gasteiger partial charge in [0.15, 0.2) is 0 Å². The summed E-state index contributed by atoms with van der Waals surface area (Å²) in [6.45, 7) is 1.72. The Morgan fingerprint density at radius 1 is 1.24 bits per heavy atom. The molecule has 0 radical (unpaired) electrons. The number of amides is 1. The topological polar surface area (TPSA) is 29.1 Å². The normalized spacial score (nSPS) is 12.0. The average Bonchev–Trinajstić information content (AvgIpc) is 2.45. The highest BCUT2D eigenvalue weighted by Crippen LogP contribution is 2.33. The van der Waals surface area contributed by atoms with E-state index < -0.39 is 11.1 Å². The van der Waals surface area contributed by atoms with Gasteiger partial charge in [-0.2, -0.15) is 0 Å². The van der Waals surface area contributed by atoms with Crippen LogP contribution in [0, 0.1) is 5.82 Å². The van der Waals surface area contributed by atoms with Crippen LogP contribution in [0.15, 0.2) is 47.4 Å². The molecular weight excluding hydrogens is 332 g/mol. The summed E-state index contributed by atoms with van der Waals surface area (Å²) in [5, 5.41) is 3.18. The van der Waals surface area contributed by atoms with Crippen molar-refractivity contribution in [1.29, 1.82) is 0 Å². The molecular formula is C15H12Cl2FNOS. The molecule has 0 heterocycles. The van der Waals surface area contributed by atoms with Crippen LogP contribution in [0.25, 0.3) is 0 Å². The van der Waals surface area contributed by atoms with Crippen molar-refractivity contribution in [3.05, 3.63) is 58.3 Å². The second-order valence-corrected chi connectivity index (χ2v) is 6.53. The molecule has 0 unspecified atom stereocenters. The number of carbonyl (C=O) groups excluding carboxylic acids is 1. The van der Waals surface area contributed by atoms with Crippen LogP contribution >= 0.6 is 35.0 Å². The molecule has 1 atom stereocenters. The molecule has 0 fully saturated rings. The maximum Gasteiger partial charge on any atom is 0.237 e. The van der Waals surface area contributed by atoms with Gasteiger partial charge >= 0.3 is 0 Å². The molecule has 1 N–H and O–H groups in total. The first-order valence-electron chi connectivity index (χ1n) is 6.14. The SMILES string of the molecule is C[C@@H](Sc1cc(Cl)ccc1Cl)C(=O)Nc1ccccc1F. The Kier molecular flexibility index (Phi) is 5.51. The number of para-hydroxylation sites is 1. The largest absolute Gasteiger partial charge is 0.323 e. The van der Waals surface area contributed by atoms with Gasteiger partial charge < -0.3 is 5.32 Å². The fourth-order valence-corrected chi connectivity index (χ4v) is 3.02. The van der Waals surface area contributed by atoms with Gasteiger partial charge in [0, 0.05) is 9.92 Å². The molecule has 2 aromatic rings. The molecule has 21 heavy (non-hydrogen) atoms. The lowest BCUT2D eigenvalue weighted by Gasteiger charge is -2.13. The van der Waals surface area contributed by atoms with Crippen molar-refractivity contribution in [2.45, 2.75) is 17.1 Å². The molecule has 0 saturated carbocycles. The third-order valence-corrected chi connectivity index (χ3v) is 4.53. The van der Waals surface area contributed by atoms with E-state index in [1.807, 2.05) is 0 Å². The molecule has 1 amide bonds. The first-order valence-corrected chi connectivity index (χ1v) is 7.78. The Balaban J connectivity index is 2.06. The monoisotopic (exact) mass is 343 g/mol. The number of anilines is 1. The number of halogens is 3. The van der Waals surface area contributed by atoms with E-state index in [0.717, 1.165) is 0 Å².